The number of fused-ring (bicyclic) bond motifs is 3. The largest absolute Gasteiger partial charge is 0.497 e. The van der Waals surface area contributed by atoms with Crippen molar-refractivity contribution < 1.29 is 19.0 Å². The molecule has 0 amide bonds. The van der Waals surface area contributed by atoms with Crippen molar-refractivity contribution in [2.75, 3.05) is 14.2 Å². The zero-order chi connectivity index (χ0) is 30.2. The van der Waals surface area contributed by atoms with Crippen molar-refractivity contribution in [3.63, 3.8) is 0 Å². The fourth-order valence-corrected chi connectivity index (χ4v) is 6.81. The molecule has 0 unspecified atom stereocenters. The van der Waals surface area contributed by atoms with E-state index in [0.717, 1.165) is 46.6 Å². The second-order valence-corrected chi connectivity index (χ2v) is 11.6. The Morgan fingerprint density at radius 1 is 0.864 bits per heavy atom. The zero-order valence-corrected chi connectivity index (χ0v) is 25.0. The Morgan fingerprint density at radius 2 is 1.61 bits per heavy atom. The standard InChI is InChI=1S/C36H28N2O5S/c1-41-26-17-12-24(13-18-26)35(40)43-27-15-10-22(11-16-27)20-31-34(39)38-33(25-7-5-8-28(21-25)42-2)30-19-14-23-6-3-4-9-29(23)32(30)37-36(38)44-31/h3-13,15-18,20-21,33H,14,19H2,1-2H3/b31-20+/t33-/m1/s1. The predicted molar refractivity (Wildman–Crippen MR) is 170 cm³/mol. The van der Waals surface area contributed by atoms with Gasteiger partial charge in [0.1, 0.15) is 17.2 Å². The molecule has 1 aromatic heterocycles. The molecule has 0 bridgehead atoms. The first-order valence-electron chi connectivity index (χ1n) is 14.3. The molecule has 1 aliphatic carbocycles. The normalized spacial score (nSPS) is 15.5. The van der Waals surface area contributed by atoms with E-state index in [4.69, 9.17) is 19.2 Å². The molecule has 0 saturated heterocycles. The molecule has 0 saturated carbocycles. The van der Waals surface area contributed by atoms with E-state index in [2.05, 4.69) is 18.2 Å². The molecule has 0 spiro atoms. The van der Waals surface area contributed by atoms with Crippen LogP contribution in [0.2, 0.25) is 0 Å². The van der Waals surface area contributed by atoms with Crippen LogP contribution in [-0.4, -0.2) is 24.8 Å². The third-order valence-corrected chi connectivity index (χ3v) is 8.98. The van der Waals surface area contributed by atoms with Crippen LogP contribution in [0.5, 0.6) is 17.2 Å². The van der Waals surface area contributed by atoms with E-state index in [1.54, 1.807) is 50.6 Å². The van der Waals surface area contributed by atoms with Crippen LogP contribution in [-0.2, 0) is 6.42 Å². The molecule has 0 fully saturated rings. The highest BCUT2D eigenvalue weighted by Crippen LogP contribution is 2.41. The molecule has 2 heterocycles. The van der Waals surface area contributed by atoms with Gasteiger partial charge in [0, 0.05) is 5.56 Å². The monoisotopic (exact) mass is 600 g/mol. The van der Waals surface area contributed by atoms with Crippen LogP contribution in [0.15, 0.2) is 112 Å². The molecular weight excluding hydrogens is 572 g/mol. The molecule has 8 heteroatoms. The summed E-state index contributed by atoms with van der Waals surface area (Å²) in [5, 5.41) is 0. The Hall–Kier alpha value is -5.21. The van der Waals surface area contributed by atoms with Crippen LogP contribution in [0.1, 0.15) is 45.1 Å². The van der Waals surface area contributed by atoms with Gasteiger partial charge in [0.15, 0.2) is 4.80 Å². The number of carbonyl (C=O) groups excluding carboxylic acids is 1. The molecule has 1 aliphatic heterocycles. The molecular formula is C36H28N2O5S. The van der Waals surface area contributed by atoms with Gasteiger partial charge in [-0.05, 0) is 89.7 Å². The minimum Gasteiger partial charge on any atom is -0.497 e. The quantitative estimate of drug-likeness (QED) is 0.189. The number of aryl methyl sites for hydroxylation is 1. The van der Waals surface area contributed by atoms with Crippen molar-refractivity contribution in [2.45, 2.75) is 18.9 Å². The fraction of sp³-hybridized carbons (Fsp3) is 0.139. The van der Waals surface area contributed by atoms with Crippen molar-refractivity contribution in [2.24, 2.45) is 4.99 Å². The van der Waals surface area contributed by atoms with Crippen LogP contribution in [0.4, 0.5) is 0 Å². The first-order chi connectivity index (χ1) is 21.5. The Labute approximate surface area is 257 Å². The molecule has 1 atom stereocenters. The maximum atomic E-state index is 14.0. The van der Waals surface area contributed by atoms with Crippen molar-refractivity contribution in [3.05, 3.63) is 150 Å². The van der Waals surface area contributed by atoms with Crippen LogP contribution in [0.25, 0.3) is 11.8 Å². The highest BCUT2D eigenvalue weighted by molar-refractivity contribution is 7.07. The van der Waals surface area contributed by atoms with Gasteiger partial charge in [-0.1, -0.05) is 59.9 Å². The van der Waals surface area contributed by atoms with E-state index in [1.165, 1.54) is 16.9 Å². The number of allylic oxidation sites excluding steroid dienone is 1. The average molecular weight is 601 g/mol. The van der Waals surface area contributed by atoms with Gasteiger partial charge in [-0.15, -0.1) is 0 Å². The van der Waals surface area contributed by atoms with Crippen molar-refractivity contribution >= 4 is 29.1 Å². The number of aromatic nitrogens is 1. The minimum absolute atomic E-state index is 0.0954. The average Bonchev–Trinajstić information content (AvgIpc) is 3.38. The number of ether oxygens (including phenoxy) is 3. The predicted octanol–water partition coefficient (Wildman–Crippen LogP) is 5.56. The van der Waals surface area contributed by atoms with Gasteiger partial charge in [-0.3, -0.25) is 9.36 Å². The topological polar surface area (TPSA) is 79.1 Å². The number of nitrogens with zero attached hydrogens (tertiary/aromatic N) is 2. The molecule has 218 valence electrons. The molecule has 5 aromatic rings. The van der Waals surface area contributed by atoms with Crippen LogP contribution in [0.3, 0.4) is 0 Å². The van der Waals surface area contributed by atoms with E-state index in [0.29, 0.717) is 26.4 Å². The number of hydrogen-bond donors (Lipinski definition) is 0. The molecule has 7 rings (SSSR count). The van der Waals surface area contributed by atoms with E-state index in [9.17, 15) is 9.59 Å². The Balaban J connectivity index is 1.26. The second-order valence-electron chi connectivity index (χ2n) is 10.6. The van der Waals surface area contributed by atoms with Gasteiger partial charge in [0.25, 0.3) is 5.56 Å². The van der Waals surface area contributed by atoms with Crippen LogP contribution >= 0.6 is 11.3 Å². The summed E-state index contributed by atoms with van der Waals surface area (Å²) in [6.45, 7) is 0. The number of benzene rings is 4. The number of thiazole rings is 1. The molecule has 7 nitrogen and oxygen atoms in total. The van der Waals surface area contributed by atoms with Gasteiger partial charge < -0.3 is 14.2 Å². The minimum atomic E-state index is -0.461. The number of hydrogen-bond acceptors (Lipinski definition) is 7. The van der Waals surface area contributed by atoms with Gasteiger partial charge >= 0.3 is 5.97 Å². The summed E-state index contributed by atoms with van der Waals surface area (Å²) >= 11 is 1.38. The maximum Gasteiger partial charge on any atom is 0.343 e. The number of methoxy groups -OCH3 is 2. The highest BCUT2D eigenvalue weighted by atomic mass is 32.1. The van der Waals surface area contributed by atoms with Crippen molar-refractivity contribution in [1.82, 2.24) is 4.57 Å². The lowest BCUT2D eigenvalue weighted by molar-refractivity contribution is 0.0734. The fourth-order valence-electron chi connectivity index (χ4n) is 5.81. The maximum absolute atomic E-state index is 14.0. The molecule has 44 heavy (non-hydrogen) atoms. The van der Waals surface area contributed by atoms with E-state index in [-0.39, 0.29) is 11.6 Å². The summed E-state index contributed by atoms with van der Waals surface area (Å²) < 4.78 is 18.6. The molecule has 0 N–H and O–H groups in total. The Kier molecular flexibility index (Phi) is 7.20. The van der Waals surface area contributed by atoms with Crippen molar-refractivity contribution in [1.29, 1.82) is 0 Å². The second kappa shape index (κ2) is 11.5. The lowest BCUT2D eigenvalue weighted by Crippen LogP contribution is -2.38. The van der Waals surface area contributed by atoms with Crippen molar-refractivity contribution in [3.8, 4) is 17.2 Å². The number of rotatable bonds is 6. The summed E-state index contributed by atoms with van der Waals surface area (Å²) in [5.74, 6) is 1.36. The number of carbonyl (C=O) groups is 1. The summed E-state index contributed by atoms with van der Waals surface area (Å²) in [6.07, 6.45) is 3.57. The van der Waals surface area contributed by atoms with Crippen LogP contribution < -0.4 is 29.1 Å². The highest BCUT2D eigenvalue weighted by Gasteiger charge is 2.32. The SMILES string of the molecule is COc1ccc(C(=O)Oc2ccc(/C=c3/sc4n(c3=O)[C@H](c3cccc(OC)c3)C3=C(N=4)c4ccccc4CC3)cc2)cc1. The van der Waals surface area contributed by atoms with Gasteiger partial charge in [0.05, 0.1) is 36.1 Å². The van der Waals surface area contributed by atoms with E-state index < -0.39 is 5.97 Å². The molecule has 2 aliphatic rings. The zero-order valence-electron chi connectivity index (χ0n) is 24.2. The molecule has 0 radical (unpaired) electrons. The third-order valence-electron chi connectivity index (χ3n) is 8.00. The van der Waals surface area contributed by atoms with Gasteiger partial charge in [0.2, 0.25) is 0 Å². The van der Waals surface area contributed by atoms with Crippen LogP contribution in [0, 0.1) is 0 Å². The first-order valence-corrected chi connectivity index (χ1v) is 15.1. The molecule has 4 aromatic carbocycles. The summed E-state index contributed by atoms with van der Waals surface area (Å²) in [6, 6.07) is 29.9. The Bertz CT molecular complexity index is 2110. The van der Waals surface area contributed by atoms with Gasteiger partial charge in [-0.2, -0.15) is 0 Å². The summed E-state index contributed by atoms with van der Waals surface area (Å²) in [7, 11) is 3.22. The lowest BCUT2D eigenvalue weighted by Gasteiger charge is -2.31. The lowest BCUT2D eigenvalue weighted by atomic mass is 9.83. The Morgan fingerprint density at radius 3 is 2.39 bits per heavy atom. The summed E-state index contributed by atoms with van der Waals surface area (Å²) in [5.41, 5.74) is 6.61. The third kappa shape index (κ3) is 5.03. The number of esters is 1. The summed E-state index contributed by atoms with van der Waals surface area (Å²) in [4.78, 5) is 32.4. The van der Waals surface area contributed by atoms with E-state index >= 15 is 0 Å². The first kappa shape index (κ1) is 27.6. The van der Waals surface area contributed by atoms with Gasteiger partial charge in [-0.25, -0.2) is 9.79 Å². The van der Waals surface area contributed by atoms with E-state index in [1.807, 2.05) is 53.1 Å². The smallest absolute Gasteiger partial charge is 0.343 e.